The number of benzene rings is 1. The second kappa shape index (κ2) is 4.68. The van der Waals surface area contributed by atoms with Crippen molar-refractivity contribution in [1.29, 1.82) is 0 Å². The predicted molar refractivity (Wildman–Crippen MR) is 62.8 cm³/mol. The Bertz CT molecular complexity index is 576. The molecule has 2 rings (SSSR count). The van der Waals surface area contributed by atoms with Crippen LogP contribution >= 0.6 is 0 Å². The summed E-state index contributed by atoms with van der Waals surface area (Å²) in [5.41, 5.74) is -0.221. The van der Waals surface area contributed by atoms with Crippen LogP contribution < -0.4 is 0 Å². The van der Waals surface area contributed by atoms with E-state index in [4.69, 9.17) is 5.11 Å². The molecular weight excluding hydrogens is 259 g/mol. The number of rotatable bonds is 5. The summed E-state index contributed by atoms with van der Waals surface area (Å²) in [5.74, 6) is -1.87. The van der Waals surface area contributed by atoms with Crippen LogP contribution in [-0.2, 0) is 9.84 Å². The van der Waals surface area contributed by atoms with Crippen LogP contribution in [0.4, 0.5) is 4.39 Å². The molecule has 1 aromatic carbocycles. The van der Waals surface area contributed by atoms with Crippen LogP contribution in [0.15, 0.2) is 23.1 Å². The lowest BCUT2D eigenvalue weighted by molar-refractivity contribution is 0.0696. The molecule has 0 aliphatic heterocycles. The molecule has 1 aromatic rings. The van der Waals surface area contributed by atoms with Gasteiger partial charge < -0.3 is 5.11 Å². The third-order valence-electron chi connectivity index (χ3n) is 3.00. The first-order valence-electron chi connectivity index (χ1n) is 5.66. The molecular formula is C12H13FO4S. The van der Waals surface area contributed by atoms with Gasteiger partial charge in [-0.05, 0) is 30.5 Å². The summed E-state index contributed by atoms with van der Waals surface area (Å²) >= 11 is 0. The summed E-state index contributed by atoms with van der Waals surface area (Å²) in [6.07, 6.45) is 2.55. The molecule has 1 N–H and O–H groups in total. The lowest BCUT2D eigenvalue weighted by atomic mass is 10.2. The Morgan fingerprint density at radius 3 is 2.61 bits per heavy atom. The Balaban J connectivity index is 2.29. The summed E-state index contributed by atoms with van der Waals surface area (Å²) in [6, 6.07) is 2.82. The van der Waals surface area contributed by atoms with Crippen molar-refractivity contribution in [3.8, 4) is 0 Å². The van der Waals surface area contributed by atoms with Crippen molar-refractivity contribution >= 4 is 15.8 Å². The van der Waals surface area contributed by atoms with Crippen LogP contribution in [0.25, 0.3) is 0 Å². The van der Waals surface area contributed by atoms with Gasteiger partial charge in [-0.15, -0.1) is 0 Å². The van der Waals surface area contributed by atoms with Crippen molar-refractivity contribution in [2.75, 3.05) is 5.75 Å². The molecule has 0 aromatic heterocycles. The van der Waals surface area contributed by atoms with Crippen LogP contribution in [0.3, 0.4) is 0 Å². The van der Waals surface area contributed by atoms with Gasteiger partial charge in [0, 0.05) is 0 Å². The lowest BCUT2D eigenvalue weighted by Gasteiger charge is -2.06. The zero-order valence-electron chi connectivity index (χ0n) is 9.60. The quantitative estimate of drug-likeness (QED) is 0.891. The topological polar surface area (TPSA) is 71.4 Å². The summed E-state index contributed by atoms with van der Waals surface area (Å²) in [7, 11) is -3.74. The van der Waals surface area contributed by atoms with Gasteiger partial charge in [-0.3, -0.25) is 0 Å². The summed E-state index contributed by atoms with van der Waals surface area (Å²) in [6.45, 7) is 0. The molecule has 6 heteroatoms. The minimum absolute atomic E-state index is 0.127. The maximum Gasteiger partial charge on any atom is 0.335 e. The van der Waals surface area contributed by atoms with Gasteiger partial charge in [0.2, 0.25) is 0 Å². The Hall–Kier alpha value is -1.43. The summed E-state index contributed by atoms with van der Waals surface area (Å²) < 4.78 is 37.4. The summed E-state index contributed by atoms with van der Waals surface area (Å²) in [5, 5.41) is 8.78. The van der Waals surface area contributed by atoms with E-state index in [0.717, 1.165) is 31.0 Å². The highest BCUT2D eigenvalue weighted by Crippen LogP contribution is 2.33. The minimum Gasteiger partial charge on any atom is -0.478 e. The molecule has 1 aliphatic rings. The average Bonchev–Trinajstić information content (AvgIpc) is 3.10. The first kappa shape index (κ1) is 13.0. The van der Waals surface area contributed by atoms with Crippen molar-refractivity contribution in [2.45, 2.75) is 24.2 Å². The van der Waals surface area contributed by atoms with Crippen LogP contribution in [0.1, 0.15) is 29.6 Å². The van der Waals surface area contributed by atoms with Crippen molar-refractivity contribution in [3.05, 3.63) is 29.6 Å². The SMILES string of the molecule is O=C(O)c1ccc(F)c(S(=O)(=O)CCC2CC2)c1. The van der Waals surface area contributed by atoms with E-state index < -0.39 is 26.5 Å². The van der Waals surface area contributed by atoms with Gasteiger partial charge >= 0.3 is 5.97 Å². The van der Waals surface area contributed by atoms with Crippen molar-refractivity contribution < 1.29 is 22.7 Å². The number of hydrogen-bond acceptors (Lipinski definition) is 3. The first-order valence-corrected chi connectivity index (χ1v) is 7.31. The Morgan fingerprint density at radius 2 is 2.06 bits per heavy atom. The largest absolute Gasteiger partial charge is 0.478 e. The standard InChI is InChI=1S/C12H13FO4S/c13-10-4-3-9(12(14)15)7-11(10)18(16,17)6-5-8-1-2-8/h3-4,7-8H,1-2,5-6H2,(H,14,15). The number of sulfone groups is 1. The fourth-order valence-electron chi connectivity index (χ4n) is 1.71. The smallest absolute Gasteiger partial charge is 0.335 e. The van der Waals surface area contributed by atoms with E-state index in [2.05, 4.69) is 0 Å². The number of hydrogen-bond donors (Lipinski definition) is 1. The maximum absolute atomic E-state index is 13.5. The molecule has 0 bridgehead atoms. The second-order valence-electron chi connectivity index (χ2n) is 4.50. The van der Waals surface area contributed by atoms with Gasteiger partial charge in [-0.25, -0.2) is 17.6 Å². The Labute approximate surface area is 104 Å². The molecule has 0 amide bonds. The van der Waals surface area contributed by atoms with Gasteiger partial charge in [0.1, 0.15) is 10.7 Å². The number of halogens is 1. The van der Waals surface area contributed by atoms with E-state index in [0.29, 0.717) is 12.3 Å². The number of carboxylic acids is 1. The molecule has 18 heavy (non-hydrogen) atoms. The molecule has 98 valence electrons. The molecule has 0 spiro atoms. The van der Waals surface area contributed by atoms with E-state index in [9.17, 15) is 17.6 Å². The van der Waals surface area contributed by atoms with E-state index in [1.165, 1.54) is 0 Å². The molecule has 0 saturated heterocycles. The van der Waals surface area contributed by atoms with Gasteiger partial charge in [-0.1, -0.05) is 12.8 Å². The molecule has 1 aliphatic carbocycles. The number of carbonyl (C=O) groups is 1. The molecule has 0 heterocycles. The van der Waals surface area contributed by atoms with Crippen LogP contribution in [-0.4, -0.2) is 25.2 Å². The third-order valence-corrected chi connectivity index (χ3v) is 4.76. The monoisotopic (exact) mass is 272 g/mol. The van der Waals surface area contributed by atoms with Crippen LogP contribution in [0.2, 0.25) is 0 Å². The minimum atomic E-state index is -3.74. The third kappa shape index (κ3) is 2.87. The highest BCUT2D eigenvalue weighted by molar-refractivity contribution is 7.91. The van der Waals surface area contributed by atoms with Gasteiger partial charge in [-0.2, -0.15) is 0 Å². The normalized spacial score (nSPS) is 15.6. The molecule has 1 saturated carbocycles. The van der Waals surface area contributed by atoms with Crippen molar-refractivity contribution in [2.24, 2.45) is 5.92 Å². The van der Waals surface area contributed by atoms with E-state index in [-0.39, 0.29) is 11.3 Å². The van der Waals surface area contributed by atoms with Crippen LogP contribution in [0.5, 0.6) is 0 Å². The maximum atomic E-state index is 13.5. The van der Waals surface area contributed by atoms with Gasteiger partial charge in [0.25, 0.3) is 0 Å². The summed E-state index contributed by atoms with van der Waals surface area (Å²) in [4.78, 5) is 10.2. The predicted octanol–water partition coefficient (Wildman–Crippen LogP) is 2.10. The Morgan fingerprint density at radius 1 is 1.39 bits per heavy atom. The van der Waals surface area contributed by atoms with E-state index in [1.54, 1.807) is 0 Å². The lowest BCUT2D eigenvalue weighted by Crippen LogP contribution is -2.11. The molecule has 1 fully saturated rings. The number of aromatic carboxylic acids is 1. The highest BCUT2D eigenvalue weighted by Gasteiger charge is 2.26. The second-order valence-corrected chi connectivity index (χ2v) is 6.58. The fraction of sp³-hybridized carbons (Fsp3) is 0.417. The fourth-order valence-corrected chi connectivity index (χ4v) is 3.25. The first-order chi connectivity index (χ1) is 8.40. The van der Waals surface area contributed by atoms with E-state index >= 15 is 0 Å². The molecule has 0 atom stereocenters. The molecule has 0 radical (unpaired) electrons. The van der Waals surface area contributed by atoms with E-state index in [1.807, 2.05) is 0 Å². The van der Waals surface area contributed by atoms with Gasteiger partial charge in [0.05, 0.1) is 11.3 Å². The molecule has 4 nitrogen and oxygen atoms in total. The van der Waals surface area contributed by atoms with Gasteiger partial charge in [0.15, 0.2) is 9.84 Å². The Kier molecular flexibility index (Phi) is 3.38. The van der Waals surface area contributed by atoms with Crippen LogP contribution in [0, 0.1) is 11.7 Å². The average molecular weight is 272 g/mol. The zero-order valence-corrected chi connectivity index (χ0v) is 10.4. The highest BCUT2D eigenvalue weighted by atomic mass is 32.2. The molecule has 0 unspecified atom stereocenters. The van der Waals surface area contributed by atoms with Crippen molar-refractivity contribution in [3.63, 3.8) is 0 Å². The number of carboxylic acid groups (broad SMARTS) is 1. The van der Waals surface area contributed by atoms with Crippen molar-refractivity contribution in [1.82, 2.24) is 0 Å². The zero-order chi connectivity index (χ0) is 13.3.